The Hall–Kier alpha value is -2.86. The van der Waals surface area contributed by atoms with Gasteiger partial charge >= 0.3 is 0 Å². The number of hydrogen-bond acceptors (Lipinski definition) is 4. The number of nitrogens with one attached hydrogen (secondary N) is 2. The fraction of sp³-hybridized carbons (Fsp3) is 0.273. The molecule has 5 nitrogen and oxygen atoms in total. The lowest BCUT2D eigenvalue weighted by Gasteiger charge is -2.09. The minimum atomic E-state index is 0.458. The van der Waals surface area contributed by atoms with Crippen molar-refractivity contribution < 1.29 is 9.47 Å². The van der Waals surface area contributed by atoms with E-state index >= 15 is 0 Å². The van der Waals surface area contributed by atoms with Crippen LogP contribution in [0, 0.1) is 13.8 Å². The van der Waals surface area contributed by atoms with Crippen LogP contribution in [0.2, 0.25) is 0 Å². The van der Waals surface area contributed by atoms with E-state index < -0.39 is 0 Å². The molecule has 0 saturated carbocycles. The maximum absolute atomic E-state index is 5.76. The molecule has 28 heavy (non-hydrogen) atoms. The highest BCUT2D eigenvalue weighted by Gasteiger charge is 1.99. The summed E-state index contributed by atoms with van der Waals surface area (Å²) in [5, 5.41) is 7.47. The van der Waals surface area contributed by atoms with Crippen molar-refractivity contribution in [2.24, 2.45) is 5.10 Å². The van der Waals surface area contributed by atoms with Crippen molar-refractivity contribution >= 4 is 23.5 Å². The van der Waals surface area contributed by atoms with Crippen molar-refractivity contribution in [2.75, 3.05) is 19.8 Å². The highest BCUT2D eigenvalue weighted by molar-refractivity contribution is 7.80. The Labute approximate surface area is 172 Å². The molecular weight excluding hydrogens is 370 g/mol. The molecule has 0 aromatic heterocycles. The second kappa shape index (κ2) is 11.8. The van der Waals surface area contributed by atoms with Crippen LogP contribution in [0.4, 0.5) is 0 Å². The average Bonchev–Trinajstić information content (AvgIpc) is 2.70. The third kappa shape index (κ3) is 7.80. The number of hydrogen-bond donors (Lipinski definition) is 2. The quantitative estimate of drug-likeness (QED) is 0.208. The van der Waals surface area contributed by atoms with Crippen LogP contribution in [-0.4, -0.2) is 31.1 Å². The Morgan fingerprint density at radius 1 is 1.04 bits per heavy atom. The van der Waals surface area contributed by atoms with E-state index in [1.807, 2.05) is 30.3 Å². The first-order valence-corrected chi connectivity index (χ1v) is 9.60. The number of ether oxygens (including phenoxy) is 2. The lowest BCUT2D eigenvalue weighted by atomic mass is 10.1. The highest BCUT2D eigenvalue weighted by atomic mass is 32.1. The van der Waals surface area contributed by atoms with Crippen LogP contribution in [-0.2, 0) is 0 Å². The van der Waals surface area contributed by atoms with E-state index in [1.165, 1.54) is 11.1 Å². The predicted octanol–water partition coefficient (Wildman–Crippen LogP) is 4.14. The standard InChI is InChI=1S/C22H27N3O2S/c1-4-12-23-22(28)25-24-16-19-7-10-20(11-8-19)26-13-5-14-27-21-9-6-17(2)18(3)15-21/h4,6-11,15-16H,1,5,12-14H2,2-3H3,(H2,23,25,28)/b24-16+. The molecule has 0 amide bonds. The summed E-state index contributed by atoms with van der Waals surface area (Å²) in [5.41, 5.74) is 6.20. The lowest BCUT2D eigenvalue weighted by molar-refractivity contribution is 0.247. The molecule has 0 spiro atoms. The number of aryl methyl sites for hydroxylation is 2. The molecule has 0 fully saturated rings. The first kappa shape index (κ1) is 21.4. The van der Waals surface area contributed by atoms with Gasteiger partial charge in [-0.15, -0.1) is 6.58 Å². The molecule has 0 heterocycles. The van der Waals surface area contributed by atoms with Crippen molar-refractivity contribution in [1.82, 2.24) is 10.7 Å². The number of nitrogens with zero attached hydrogens (tertiary/aromatic N) is 1. The van der Waals surface area contributed by atoms with Crippen LogP contribution in [0.1, 0.15) is 23.1 Å². The monoisotopic (exact) mass is 397 g/mol. The van der Waals surface area contributed by atoms with Gasteiger partial charge in [0.05, 0.1) is 19.4 Å². The summed E-state index contributed by atoms with van der Waals surface area (Å²) in [4.78, 5) is 0. The van der Waals surface area contributed by atoms with E-state index in [-0.39, 0.29) is 0 Å². The molecule has 0 bridgehead atoms. The predicted molar refractivity (Wildman–Crippen MR) is 119 cm³/mol. The van der Waals surface area contributed by atoms with E-state index in [4.69, 9.17) is 21.7 Å². The van der Waals surface area contributed by atoms with Gasteiger partial charge in [0.15, 0.2) is 5.11 Å². The molecular formula is C22H27N3O2S. The normalized spacial score (nSPS) is 10.5. The molecule has 0 atom stereocenters. The zero-order chi connectivity index (χ0) is 20.2. The van der Waals surface area contributed by atoms with Gasteiger partial charge in [0.1, 0.15) is 11.5 Å². The smallest absolute Gasteiger partial charge is 0.187 e. The molecule has 0 saturated heterocycles. The van der Waals surface area contributed by atoms with Gasteiger partial charge in [0, 0.05) is 13.0 Å². The number of benzene rings is 2. The van der Waals surface area contributed by atoms with Crippen LogP contribution in [0.15, 0.2) is 60.2 Å². The van der Waals surface area contributed by atoms with Crippen LogP contribution in [0.3, 0.4) is 0 Å². The fourth-order valence-electron chi connectivity index (χ4n) is 2.26. The first-order valence-electron chi connectivity index (χ1n) is 9.19. The molecule has 2 N–H and O–H groups in total. The Balaban J connectivity index is 1.66. The van der Waals surface area contributed by atoms with Crippen LogP contribution in [0.25, 0.3) is 0 Å². The van der Waals surface area contributed by atoms with Crippen molar-refractivity contribution in [3.8, 4) is 11.5 Å². The molecule has 0 unspecified atom stereocenters. The molecule has 0 radical (unpaired) electrons. The van der Waals surface area contributed by atoms with E-state index in [9.17, 15) is 0 Å². The van der Waals surface area contributed by atoms with E-state index in [0.29, 0.717) is 24.9 Å². The van der Waals surface area contributed by atoms with Gasteiger partial charge in [-0.1, -0.05) is 12.1 Å². The number of rotatable bonds is 10. The summed E-state index contributed by atoms with van der Waals surface area (Å²) in [6.07, 6.45) is 4.24. The fourth-order valence-corrected chi connectivity index (χ4v) is 2.40. The van der Waals surface area contributed by atoms with Crippen LogP contribution >= 0.6 is 12.2 Å². The average molecular weight is 398 g/mol. The zero-order valence-corrected chi connectivity index (χ0v) is 17.2. The topological polar surface area (TPSA) is 54.9 Å². The zero-order valence-electron chi connectivity index (χ0n) is 16.4. The number of thiocarbonyl (C=S) groups is 1. The van der Waals surface area contributed by atoms with E-state index in [0.717, 1.165) is 23.5 Å². The molecule has 0 aliphatic heterocycles. The van der Waals surface area contributed by atoms with Crippen LogP contribution in [0.5, 0.6) is 11.5 Å². The summed E-state index contributed by atoms with van der Waals surface area (Å²) < 4.78 is 11.5. The first-order chi connectivity index (χ1) is 13.6. The van der Waals surface area contributed by atoms with Gasteiger partial charge in [-0.25, -0.2) is 0 Å². The molecule has 2 rings (SSSR count). The summed E-state index contributed by atoms with van der Waals surface area (Å²) in [6, 6.07) is 13.8. The van der Waals surface area contributed by atoms with Gasteiger partial charge in [-0.2, -0.15) is 5.10 Å². The van der Waals surface area contributed by atoms with Gasteiger partial charge in [0.2, 0.25) is 0 Å². The SMILES string of the molecule is C=CCNC(=S)N/N=C/c1ccc(OCCCOc2ccc(C)c(C)c2)cc1. The van der Waals surface area contributed by atoms with E-state index in [1.54, 1.807) is 12.3 Å². The molecule has 2 aromatic rings. The van der Waals surface area contributed by atoms with Gasteiger partial charge in [-0.3, -0.25) is 5.43 Å². The van der Waals surface area contributed by atoms with Gasteiger partial charge in [0.25, 0.3) is 0 Å². The lowest BCUT2D eigenvalue weighted by Crippen LogP contribution is -2.31. The number of hydrazone groups is 1. The third-order valence-electron chi connectivity index (χ3n) is 3.97. The molecule has 6 heteroatoms. The van der Waals surface area contributed by atoms with Gasteiger partial charge < -0.3 is 14.8 Å². The Morgan fingerprint density at radius 3 is 2.39 bits per heavy atom. The summed E-state index contributed by atoms with van der Waals surface area (Å²) >= 11 is 5.05. The maximum atomic E-state index is 5.76. The minimum absolute atomic E-state index is 0.458. The molecule has 0 aliphatic carbocycles. The van der Waals surface area contributed by atoms with Crippen LogP contribution < -0.4 is 20.2 Å². The van der Waals surface area contributed by atoms with Crippen molar-refractivity contribution in [3.63, 3.8) is 0 Å². The van der Waals surface area contributed by atoms with E-state index in [2.05, 4.69) is 48.4 Å². The Kier molecular flexibility index (Phi) is 9.01. The summed E-state index contributed by atoms with van der Waals surface area (Å²) in [7, 11) is 0. The second-order valence-corrected chi connectivity index (χ2v) is 6.64. The molecule has 0 aliphatic rings. The maximum Gasteiger partial charge on any atom is 0.187 e. The van der Waals surface area contributed by atoms with Gasteiger partial charge in [-0.05, 0) is 79.2 Å². The Bertz CT molecular complexity index is 804. The van der Waals surface area contributed by atoms with Crippen molar-refractivity contribution in [2.45, 2.75) is 20.3 Å². The second-order valence-electron chi connectivity index (χ2n) is 6.23. The molecule has 148 valence electrons. The van der Waals surface area contributed by atoms with Crippen molar-refractivity contribution in [1.29, 1.82) is 0 Å². The van der Waals surface area contributed by atoms with Crippen molar-refractivity contribution in [3.05, 3.63) is 71.8 Å². The Morgan fingerprint density at radius 2 is 1.71 bits per heavy atom. The summed E-state index contributed by atoms with van der Waals surface area (Å²) in [5.74, 6) is 1.72. The minimum Gasteiger partial charge on any atom is -0.493 e. The largest absolute Gasteiger partial charge is 0.493 e. The summed E-state index contributed by atoms with van der Waals surface area (Å²) in [6.45, 7) is 9.62. The third-order valence-corrected chi connectivity index (χ3v) is 4.21. The highest BCUT2D eigenvalue weighted by Crippen LogP contribution is 2.16. The molecule has 2 aromatic carbocycles.